The van der Waals surface area contributed by atoms with Crippen molar-refractivity contribution in [1.82, 2.24) is 0 Å². The fourth-order valence-corrected chi connectivity index (χ4v) is 2.16. The lowest BCUT2D eigenvalue weighted by Crippen LogP contribution is -2.14. The second kappa shape index (κ2) is 4.70. The summed E-state index contributed by atoms with van der Waals surface area (Å²) in [4.78, 5) is 0. The lowest BCUT2D eigenvalue weighted by Gasteiger charge is -2.23. The molecule has 104 valence electrons. The summed E-state index contributed by atoms with van der Waals surface area (Å²) in [6.07, 6.45) is 2.21. The van der Waals surface area contributed by atoms with Crippen LogP contribution in [-0.4, -0.2) is 0 Å². The molecule has 2 aromatic rings. The van der Waals surface area contributed by atoms with E-state index in [-0.39, 0.29) is 10.8 Å². The van der Waals surface area contributed by atoms with Crippen molar-refractivity contribution in [3.8, 4) is 0 Å². The summed E-state index contributed by atoms with van der Waals surface area (Å²) in [5, 5.41) is 1.21. The third-order valence-corrected chi connectivity index (χ3v) is 4.74. The quantitative estimate of drug-likeness (QED) is 0.674. The van der Waals surface area contributed by atoms with Crippen LogP contribution in [0.3, 0.4) is 0 Å². The topological polar surface area (TPSA) is 13.1 Å². The third-order valence-electron chi connectivity index (χ3n) is 4.74. The summed E-state index contributed by atoms with van der Waals surface area (Å²) >= 11 is 0. The van der Waals surface area contributed by atoms with E-state index < -0.39 is 0 Å². The molecule has 0 amide bonds. The van der Waals surface area contributed by atoms with Gasteiger partial charge in [-0.15, -0.1) is 0 Å². The van der Waals surface area contributed by atoms with Gasteiger partial charge in [0.2, 0.25) is 0 Å². The molecule has 1 heteroatoms. The third kappa shape index (κ3) is 2.56. The number of rotatable bonds is 4. The van der Waals surface area contributed by atoms with Crippen LogP contribution in [0.2, 0.25) is 0 Å². The van der Waals surface area contributed by atoms with E-state index in [1.807, 2.05) is 0 Å². The van der Waals surface area contributed by atoms with Gasteiger partial charge in [-0.2, -0.15) is 0 Å². The lowest BCUT2D eigenvalue weighted by atomic mass is 9.82. The van der Waals surface area contributed by atoms with Gasteiger partial charge in [0.1, 0.15) is 11.3 Å². The largest absolute Gasteiger partial charge is 0.461 e. The average molecular weight is 258 g/mol. The maximum absolute atomic E-state index is 6.10. The molecule has 2 rings (SSSR count). The van der Waals surface area contributed by atoms with Crippen molar-refractivity contribution in [3.05, 3.63) is 35.6 Å². The average Bonchev–Trinajstić information content (AvgIpc) is 2.82. The summed E-state index contributed by atoms with van der Waals surface area (Å²) in [6, 6.07) is 8.85. The minimum atomic E-state index is 0.111. The molecular formula is C18H26O. The van der Waals surface area contributed by atoms with Crippen LogP contribution in [-0.2, 0) is 10.8 Å². The predicted octanol–water partition coefficient (Wildman–Crippen LogP) is 5.81. The number of hydrogen-bond donors (Lipinski definition) is 0. The molecular weight excluding hydrogens is 232 g/mol. The van der Waals surface area contributed by atoms with Gasteiger partial charge in [0.05, 0.1) is 0 Å². The monoisotopic (exact) mass is 258 g/mol. The summed E-state index contributed by atoms with van der Waals surface area (Å²) in [5.41, 5.74) is 2.70. The normalized spacial score (nSPS) is 13.2. The molecule has 0 aliphatic heterocycles. The Morgan fingerprint density at radius 2 is 1.53 bits per heavy atom. The van der Waals surface area contributed by atoms with E-state index in [9.17, 15) is 0 Å². The van der Waals surface area contributed by atoms with Crippen LogP contribution < -0.4 is 0 Å². The minimum absolute atomic E-state index is 0.111. The van der Waals surface area contributed by atoms with Crippen LogP contribution in [0.25, 0.3) is 11.0 Å². The molecule has 0 spiro atoms. The van der Waals surface area contributed by atoms with Gasteiger partial charge in [-0.1, -0.05) is 53.7 Å². The van der Waals surface area contributed by atoms with Crippen molar-refractivity contribution >= 4 is 11.0 Å². The van der Waals surface area contributed by atoms with Crippen molar-refractivity contribution < 1.29 is 4.42 Å². The first-order chi connectivity index (χ1) is 8.80. The van der Waals surface area contributed by atoms with Crippen LogP contribution in [0.5, 0.6) is 0 Å². The number of hydrogen-bond acceptors (Lipinski definition) is 1. The standard InChI is InChI=1S/C18H26O/c1-7-17(3,4)14-10-9-13-11-16(18(5,6)8-2)19-15(13)12-14/h9-12H,7-8H2,1-6H3. The van der Waals surface area contributed by atoms with Crippen molar-refractivity contribution in [2.24, 2.45) is 0 Å². The Hall–Kier alpha value is -1.24. The van der Waals surface area contributed by atoms with Gasteiger partial charge in [0.15, 0.2) is 0 Å². The van der Waals surface area contributed by atoms with Gasteiger partial charge in [0.25, 0.3) is 0 Å². The van der Waals surface area contributed by atoms with E-state index in [1.165, 1.54) is 10.9 Å². The number of furan rings is 1. The van der Waals surface area contributed by atoms with Gasteiger partial charge in [-0.3, -0.25) is 0 Å². The number of fused-ring (bicyclic) bond motifs is 1. The van der Waals surface area contributed by atoms with Crippen molar-refractivity contribution in [3.63, 3.8) is 0 Å². The maximum Gasteiger partial charge on any atom is 0.134 e. The first-order valence-electron chi connectivity index (χ1n) is 7.34. The maximum atomic E-state index is 6.10. The van der Waals surface area contributed by atoms with E-state index >= 15 is 0 Å². The molecule has 0 N–H and O–H groups in total. The highest BCUT2D eigenvalue weighted by Crippen LogP contribution is 2.34. The van der Waals surface area contributed by atoms with Crippen LogP contribution in [0.4, 0.5) is 0 Å². The molecule has 0 bridgehead atoms. The molecule has 19 heavy (non-hydrogen) atoms. The fourth-order valence-electron chi connectivity index (χ4n) is 2.16. The minimum Gasteiger partial charge on any atom is -0.461 e. The van der Waals surface area contributed by atoms with Gasteiger partial charge < -0.3 is 4.42 Å². The first kappa shape index (κ1) is 14.2. The van der Waals surface area contributed by atoms with Crippen LogP contribution >= 0.6 is 0 Å². The number of benzene rings is 1. The fraction of sp³-hybridized carbons (Fsp3) is 0.556. The predicted molar refractivity (Wildman–Crippen MR) is 82.8 cm³/mol. The zero-order chi connectivity index (χ0) is 14.3. The molecule has 0 unspecified atom stereocenters. The van der Waals surface area contributed by atoms with Gasteiger partial charge >= 0.3 is 0 Å². The molecule has 0 fully saturated rings. The summed E-state index contributed by atoms with van der Waals surface area (Å²) < 4.78 is 6.10. The SMILES string of the molecule is CCC(C)(C)c1ccc2cc(C(C)(C)CC)oc2c1. The van der Waals surface area contributed by atoms with Gasteiger partial charge in [0, 0.05) is 10.8 Å². The van der Waals surface area contributed by atoms with Crippen LogP contribution in [0.1, 0.15) is 65.7 Å². The van der Waals surface area contributed by atoms with Crippen molar-refractivity contribution in [1.29, 1.82) is 0 Å². The Kier molecular flexibility index (Phi) is 3.51. The molecule has 0 aliphatic rings. The Morgan fingerprint density at radius 3 is 2.11 bits per heavy atom. The Labute approximate surface area is 117 Å². The molecule has 1 aromatic carbocycles. The van der Waals surface area contributed by atoms with Gasteiger partial charge in [-0.25, -0.2) is 0 Å². The van der Waals surface area contributed by atoms with Crippen LogP contribution in [0, 0.1) is 0 Å². The first-order valence-corrected chi connectivity index (χ1v) is 7.34. The van der Waals surface area contributed by atoms with Crippen molar-refractivity contribution in [2.75, 3.05) is 0 Å². The van der Waals surface area contributed by atoms with E-state index in [4.69, 9.17) is 4.42 Å². The van der Waals surface area contributed by atoms with Crippen molar-refractivity contribution in [2.45, 2.75) is 65.2 Å². The summed E-state index contributed by atoms with van der Waals surface area (Å²) in [7, 11) is 0. The second-order valence-electron chi connectivity index (χ2n) is 6.84. The Balaban J connectivity index is 2.51. The highest BCUT2D eigenvalue weighted by molar-refractivity contribution is 5.79. The molecule has 0 saturated heterocycles. The zero-order valence-electron chi connectivity index (χ0n) is 13.1. The molecule has 0 radical (unpaired) electrons. The molecule has 1 heterocycles. The summed E-state index contributed by atoms with van der Waals surface area (Å²) in [5.74, 6) is 1.09. The molecule has 0 atom stereocenters. The highest BCUT2D eigenvalue weighted by atomic mass is 16.3. The smallest absolute Gasteiger partial charge is 0.134 e. The highest BCUT2D eigenvalue weighted by Gasteiger charge is 2.24. The second-order valence-corrected chi connectivity index (χ2v) is 6.84. The van der Waals surface area contributed by atoms with E-state index in [0.29, 0.717) is 0 Å². The van der Waals surface area contributed by atoms with E-state index in [1.54, 1.807) is 0 Å². The van der Waals surface area contributed by atoms with Crippen LogP contribution in [0.15, 0.2) is 28.7 Å². The summed E-state index contributed by atoms with van der Waals surface area (Å²) in [6.45, 7) is 13.5. The molecule has 1 nitrogen and oxygen atoms in total. The van der Waals surface area contributed by atoms with Gasteiger partial charge in [-0.05, 0) is 36.0 Å². The molecule has 0 saturated carbocycles. The van der Waals surface area contributed by atoms with E-state index in [0.717, 1.165) is 24.2 Å². The Morgan fingerprint density at radius 1 is 0.895 bits per heavy atom. The van der Waals surface area contributed by atoms with E-state index in [2.05, 4.69) is 65.8 Å². The zero-order valence-corrected chi connectivity index (χ0v) is 13.1. The Bertz CT molecular complexity index is 558. The molecule has 1 aromatic heterocycles. The molecule has 0 aliphatic carbocycles. The lowest BCUT2D eigenvalue weighted by molar-refractivity contribution is 0.390.